The molecule has 0 heterocycles. The van der Waals surface area contributed by atoms with Crippen LogP contribution in [0.5, 0.6) is 0 Å². The van der Waals surface area contributed by atoms with Crippen molar-refractivity contribution in [1.29, 1.82) is 0 Å². The number of urea groups is 1. The van der Waals surface area contributed by atoms with Crippen molar-refractivity contribution in [3.8, 4) is 0 Å². The van der Waals surface area contributed by atoms with Crippen molar-refractivity contribution in [3.05, 3.63) is 0 Å². The van der Waals surface area contributed by atoms with Crippen molar-refractivity contribution in [2.45, 2.75) is 78.8 Å². The van der Waals surface area contributed by atoms with Crippen LogP contribution in [0.15, 0.2) is 0 Å². The predicted octanol–water partition coefficient (Wildman–Crippen LogP) is 3.14. The summed E-state index contributed by atoms with van der Waals surface area (Å²) in [6.45, 7) is 12.3. The Morgan fingerprint density at radius 3 is 2.15 bits per heavy atom. The van der Waals surface area contributed by atoms with Gasteiger partial charge in [0.2, 0.25) is 0 Å². The van der Waals surface area contributed by atoms with Crippen molar-refractivity contribution >= 4 is 12.0 Å². The molecule has 0 saturated heterocycles. The van der Waals surface area contributed by atoms with Crippen LogP contribution in [0, 0.1) is 5.41 Å². The van der Waals surface area contributed by atoms with E-state index < -0.39 is 5.97 Å². The molecule has 3 N–H and O–H groups in total. The first-order valence-electron chi connectivity index (χ1n) is 7.22. The summed E-state index contributed by atoms with van der Waals surface area (Å²) in [5.74, 6) is -0.798. The standard InChI is InChI=1S/C15H30N2O3/c1-11(8-7-9-12(18)19)16-13(20)17-15(5,6)10-14(2,3)4/h11H,7-10H2,1-6H3,(H,18,19)(H2,16,17,20). The van der Waals surface area contributed by atoms with Gasteiger partial charge in [-0.3, -0.25) is 4.79 Å². The molecule has 0 aromatic carbocycles. The Kier molecular flexibility index (Phi) is 7.03. The van der Waals surface area contributed by atoms with Crippen LogP contribution >= 0.6 is 0 Å². The van der Waals surface area contributed by atoms with Gasteiger partial charge in [0, 0.05) is 18.0 Å². The Labute approximate surface area is 122 Å². The van der Waals surface area contributed by atoms with Crippen LogP contribution in [0.25, 0.3) is 0 Å². The fourth-order valence-electron chi connectivity index (χ4n) is 2.57. The lowest BCUT2D eigenvalue weighted by molar-refractivity contribution is -0.137. The molecular formula is C15H30N2O3. The molecule has 118 valence electrons. The van der Waals surface area contributed by atoms with Crippen molar-refractivity contribution in [2.75, 3.05) is 0 Å². The molecule has 0 fully saturated rings. The number of carbonyl (C=O) groups is 2. The highest BCUT2D eigenvalue weighted by molar-refractivity contribution is 5.75. The summed E-state index contributed by atoms with van der Waals surface area (Å²) in [4.78, 5) is 22.3. The van der Waals surface area contributed by atoms with Gasteiger partial charge in [-0.05, 0) is 45.4 Å². The Morgan fingerprint density at radius 1 is 1.15 bits per heavy atom. The van der Waals surface area contributed by atoms with Crippen molar-refractivity contribution in [3.63, 3.8) is 0 Å². The van der Waals surface area contributed by atoms with Gasteiger partial charge in [-0.1, -0.05) is 20.8 Å². The first-order chi connectivity index (χ1) is 8.91. The summed E-state index contributed by atoms with van der Waals surface area (Å²) >= 11 is 0. The van der Waals surface area contributed by atoms with Crippen LogP contribution in [0.4, 0.5) is 4.79 Å². The molecule has 0 spiro atoms. The number of nitrogens with one attached hydrogen (secondary N) is 2. The first kappa shape index (κ1) is 18.7. The highest BCUT2D eigenvalue weighted by Gasteiger charge is 2.27. The molecule has 20 heavy (non-hydrogen) atoms. The third kappa shape index (κ3) is 10.6. The average Bonchev–Trinajstić information content (AvgIpc) is 2.10. The molecule has 5 heteroatoms. The summed E-state index contributed by atoms with van der Waals surface area (Å²) in [6, 6.07) is -0.220. The van der Waals surface area contributed by atoms with Crippen LogP contribution < -0.4 is 10.6 Å². The third-order valence-corrected chi connectivity index (χ3v) is 2.83. The van der Waals surface area contributed by atoms with Gasteiger partial charge in [0.15, 0.2) is 0 Å². The average molecular weight is 286 g/mol. The van der Waals surface area contributed by atoms with E-state index >= 15 is 0 Å². The van der Waals surface area contributed by atoms with E-state index in [1.54, 1.807) is 0 Å². The van der Waals surface area contributed by atoms with E-state index in [2.05, 4.69) is 31.4 Å². The monoisotopic (exact) mass is 286 g/mol. The Bertz CT molecular complexity index is 333. The number of carboxylic acid groups (broad SMARTS) is 1. The quantitative estimate of drug-likeness (QED) is 0.672. The maximum Gasteiger partial charge on any atom is 0.315 e. The Balaban J connectivity index is 4.11. The van der Waals surface area contributed by atoms with Gasteiger partial charge in [-0.2, -0.15) is 0 Å². The Morgan fingerprint density at radius 2 is 1.70 bits per heavy atom. The van der Waals surface area contributed by atoms with Gasteiger partial charge < -0.3 is 15.7 Å². The molecule has 2 amide bonds. The topological polar surface area (TPSA) is 78.4 Å². The van der Waals surface area contributed by atoms with Gasteiger partial charge in [-0.15, -0.1) is 0 Å². The number of carbonyl (C=O) groups excluding carboxylic acids is 1. The molecule has 5 nitrogen and oxygen atoms in total. The zero-order chi connectivity index (χ0) is 16.0. The first-order valence-corrected chi connectivity index (χ1v) is 7.22. The second-order valence-electron chi connectivity index (χ2n) is 7.41. The number of amides is 2. The highest BCUT2D eigenvalue weighted by Crippen LogP contribution is 2.26. The normalized spacial score (nSPS) is 13.7. The minimum Gasteiger partial charge on any atom is -0.481 e. The largest absolute Gasteiger partial charge is 0.481 e. The van der Waals surface area contributed by atoms with Crippen LogP contribution in [-0.4, -0.2) is 28.7 Å². The van der Waals surface area contributed by atoms with Crippen molar-refractivity contribution in [1.82, 2.24) is 10.6 Å². The van der Waals surface area contributed by atoms with Crippen LogP contribution in [0.1, 0.15) is 67.2 Å². The minimum atomic E-state index is -0.798. The summed E-state index contributed by atoms with van der Waals surface area (Å²) in [5.41, 5.74) is -0.132. The second kappa shape index (κ2) is 7.50. The molecular weight excluding hydrogens is 256 g/mol. The van der Waals surface area contributed by atoms with Gasteiger partial charge in [0.1, 0.15) is 0 Å². The van der Waals surface area contributed by atoms with Crippen LogP contribution in [0.3, 0.4) is 0 Å². The number of aliphatic carboxylic acids is 1. The van der Waals surface area contributed by atoms with Gasteiger partial charge in [0.05, 0.1) is 0 Å². The molecule has 0 aliphatic carbocycles. The van der Waals surface area contributed by atoms with E-state index in [0.29, 0.717) is 12.8 Å². The molecule has 1 atom stereocenters. The van der Waals surface area contributed by atoms with Crippen LogP contribution in [0.2, 0.25) is 0 Å². The summed E-state index contributed by atoms with van der Waals surface area (Å²) < 4.78 is 0. The van der Waals surface area contributed by atoms with E-state index in [-0.39, 0.29) is 29.4 Å². The Hall–Kier alpha value is -1.26. The number of hydrogen-bond donors (Lipinski definition) is 3. The lowest BCUT2D eigenvalue weighted by Crippen LogP contribution is -2.51. The predicted molar refractivity (Wildman–Crippen MR) is 80.8 cm³/mol. The van der Waals surface area contributed by atoms with Crippen LogP contribution in [-0.2, 0) is 4.79 Å². The molecule has 0 rings (SSSR count). The lowest BCUT2D eigenvalue weighted by atomic mass is 9.82. The zero-order valence-corrected chi connectivity index (χ0v) is 13.7. The number of rotatable bonds is 7. The van der Waals surface area contributed by atoms with Crippen molar-refractivity contribution in [2.24, 2.45) is 5.41 Å². The second-order valence-corrected chi connectivity index (χ2v) is 7.41. The smallest absolute Gasteiger partial charge is 0.315 e. The van der Waals surface area contributed by atoms with E-state index in [0.717, 1.165) is 6.42 Å². The van der Waals surface area contributed by atoms with E-state index in [9.17, 15) is 9.59 Å². The summed E-state index contributed by atoms with van der Waals surface area (Å²) in [6.07, 6.45) is 2.26. The molecule has 0 bridgehead atoms. The fraction of sp³-hybridized carbons (Fsp3) is 0.867. The summed E-state index contributed by atoms with van der Waals surface area (Å²) in [7, 11) is 0. The molecule has 0 aromatic heterocycles. The maximum atomic E-state index is 11.9. The van der Waals surface area contributed by atoms with E-state index in [1.807, 2.05) is 20.8 Å². The van der Waals surface area contributed by atoms with Gasteiger partial charge >= 0.3 is 12.0 Å². The van der Waals surface area contributed by atoms with Gasteiger partial charge in [0.25, 0.3) is 0 Å². The molecule has 0 aliphatic heterocycles. The summed E-state index contributed by atoms with van der Waals surface area (Å²) in [5, 5.41) is 14.4. The SMILES string of the molecule is CC(CCCC(=O)O)NC(=O)NC(C)(C)CC(C)(C)C. The zero-order valence-electron chi connectivity index (χ0n) is 13.7. The molecule has 0 aromatic rings. The van der Waals surface area contributed by atoms with E-state index in [1.165, 1.54) is 0 Å². The minimum absolute atomic E-state index is 0.0280. The van der Waals surface area contributed by atoms with E-state index in [4.69, 9.17) is 5.11 Å². The number of carboxylic acids is 1. The highest BCUT2D eigenvalue weighted by atomic mass is 16.4. The molecule has 1 unspecified atom stereocenters. The van der Waals surface area contributed by atoms with Gasteiger partial charge in [-0.25, -0.2) is 4.79 Å². The van der Waals surface area contributed by atoms with Crippen molar-refractivity contribution < 1.29 is 14.7 Å². The lowest BCUT2D eigenvalue weighted by Gasteiger charge is -2.33. The molecule has 0 radical (unpaired) electrons. The number of hydrogen-bond acceptors (Lipinski definition) is 2. The molecule has 0 aliphatic rings. The maximum absolute atomic E-state index is 11.9. The third-order valence-electron chi connectivity index (χ3n) is 2.83. The fourth-order valence-corrected chi connectivity index (χ4v) is 2.57. The molecule has 0 saturated carbocycles.